The van der Waals surface area contributed by atoms with Gasteiger partial charge in [-0.15, -0.1) is 11.3 Å². The Bertz CT molecular complexity index is 1590. The van der Waals surface area contributed by atoms with Crippen molar-refractivity contribution < 1.29 is 18.7 Å². The third kappa shape index (κ3) is 4.91. The average molecular weight is 591 g/mol. The lowest BCUT2D eigenvalue weighted by Crippen LogP contribution is -2.60. The molecule has 9 nitrogen and oxygen atoms in total. The third-order valence-electron chi connectivity index (χ3n) is 8.33. The normalized spacial score (nSPS) is 17.6. The van der Waals surface area contributed by atoms with Gasteiger partial charge in [0, 0.05) is 43.7 Å². The number of amides is 1. The zero-order valence-corrected chi connectivity index (χ0v) is 25.5. The van der Waals surface area contributed by atoms with E-state index in [1.807, 2.05) is 33.2 Å². The lowest BCUT2D eigenvalue weighted by molar-refractivity contribution is -0.0266. The van der Waals surface area contributed by atoms with E-state index in [2.05, 4.69) is 19.6 Å². The van der Waals surface area contributed by atoms with Crippen LogP contribution in [0.3, 0.4) is 0 Å². The van der Waals surface area contributed by atoms with Gasteiger partial charge < -0.3 is 24.2 Å². The van der Waals surface area contributed by atoms with Gasteiger partial charge in [-0.05, 0) is 57.7 Å². The summed E-state index contributed by atoms with van der Waals surface area (Å²) < 4.78 is 26.7. The summed E-state index contributed by atoms with van der Waals surface area (Å²) in [6.07, 6.45) is 1.20. The van der Waals surface area contributed by atoms with Crippen LogP contribution in [0.5, 0.6) is 5.75 Å². The van der Waals surface area contributed by atoms with E-state index in [0.717, 1.165) is 34.9 Å². The molecule has 0 radical (unpaired) electrons. The van der Waals surface area contributed by atoms with Gasteiger partial charge in [-0.2, -0.15) is 0 Å². The SMILES string of the molecule is [C-]#[N+]c1c(N2CCC3(CN(C(=O)OC(C)(C)C)C3)C2)nc2c(c1-c1cccc(OC)c1F)CCN(c1scnc1C)C2. The molecule has 0 saturated carbocycles. The number of anilines is 2. The Morgan fingerprint density at radius 3 is 2.64 bits per heavy atom. The number of aryl methyl sites for hydroxylation is 1. The van der Waals surface area contributed by atoms with E-state index in [-0.39, 0.29) is 17.3 Å². The second-order valence-electron chi connectivity index (χ2n) is 12.4. The third-order valence-corrected chi connectivity index (χ3v) is 9.31. The quantitative estimate of drug-likeness (QED) is 0.334. The van der Waals surface area contributed by atoms with Crippen molar-refractivity contribution in [2.75, 3.05) is 49.6 Å². The number of thiazole rings is 1. The van der Waals surface area contributed by atoms with Gasteiger partial charge in [0.05, 0.1) is 37.1 Å². The van der Waals surface area contributed by atoms with Crippen LogP contribution < -0.4 is 14.5 Å². The highest BCUT2D eigenvalue weighted by atomic mass is 32.1. The summed E-state index contributed by atoms with van der Waals surface area (Å²) in [5.74, 6) is 0.247. The lowest BCUT2D eigenvalue weighted by Gasteiger charge is -2.47. The molecule has 0 aliphatic carbocycles. The Morgan fingerprint density at radius 2 is 1.98 bits per heavy atom. The first kappa shape index (κ1) is 28.2. The van der Waals surface area contributed by atoms with Crippen LogP contribution in [0.25, 0.3) is 16.0 Å². The van der Waals surface area contributed by atoms with Crippen molar-refractivity contribution in [2.45, 2.75) is 52.7 Å². The molecule has 2 fully saturated rings. The van der Waals surface area contributed by atoms with E-state index in [1.165, 1.54) is 7.11 Å². The number of rotatable bonds is 4. The van der Waals surface area contributed by atoms with Crippen LogP contribution in [0.15, 0.2) is 23.7 Å². The molecule has 42 heavy (non-hydrogen) atoms. The highest BCUT2D eigenvalue weighted by Gasteiger charge is 2.51. The van der Waals surface area contributed by atoms with Gasteiger partial charge >= 0.3 is 6.09 Å². The smallest absolute Gasteiger partial charge is 0.410 e. The summed E-state index contributed by atoms with van der Waals surface area (Å²) in [6, 6.07) is 5.08. The molecule has 1 aromatic carbocycles. The fourth-order valence-electron chi connectivity index (χ4n) is 6.40. The van der Waals surface area contributed by atoms with Gasteiger partial charge in [0.2, 0.25) is 5.69 Å². The summed E-state index contributed by atoms with van der Waals surface area (Å²) in [7, 11) is 1.45. The highest BCUT2D eigenvalue weighted by Crippen LogP contribution is 2.49. The minimum absolute atomic E-state index is 0.0824. The summed E-state index contributed by atoms with van der Waals surface area (Å²) in [5.41, 5.74) is 5.27. The van der Waals surface area contributed by atoms with E-state index in [1.54, 1.807) is 34.4 Å². The summed E-state index contributed by atoms with van der Waals surface area (Å²) in [5, 5.41) is 1.10. The number of hydrogen-bond acceptors (Lipinski definition) is 8. The molecule has 5 heterocycles. The van der Waals surface area contributed by atoms with E-state index < -0.39 is 11.4 Å². The van der Waals surface area contributed by atoms with Crippen molar-refractivity contribution >= 4 is 33.9 Å². The molecule has 0 atom stereocenters. The Hall–Kier alpha value is -3.91. The van der Waals surface area contributed by atoms with Gasteiger partial charge in [0.15, 0.2) is 11.6 Å². The number of benzene rings is 1. The first-order valence-corrected chi connectivity index (χ1v) is 15.0. The fraction of sp³-hybridized carbons (Fsp3) is 0.484. The van der Waals surface area contributed by atoms with E-state index in [9.17, 15) is 4.79 Å². The number of nitrogens with zero attached hydrogens (tertiary/aromatic N) is 6. The van der Waals surface area contributed by atoms with Gasteiger partial charge in [-0.25, -0.2) is 24.0 Å². The van der Waals surface area contributed by atoms with Crippen LogP contribution in [0.2, 0.25) is 0 Å². The second kappa shape index (κ2) is 10.4. The molecule has 1 spiro atoms. The van der Waals surface area contributed by atoms with Crippen LogP contribution >= 0.6 is 11.3 Å². The van der Waals surface area contributed by atoms with Crippen LogP contribution in [0.4, 0.5) is 25.7 Å². The Balaban J connectivity index is 1.38. The molecule has 3 aromatic rings. The molecule has 11 heteroatoms. The summed E-state index contributed by atoms with van der Waals surface area (Å²) in [6.45, 7) is 19.7. The first-order valence-electron chi connectivity index (χ1n) is 14.2. The van der Waals surface area contributed by atoms with E-state index >= 15 is 4.39 Å². The number of pyridine rings is 1. The van der Waals surface area contributed by atoms with E-state index in [0.29, 0.717) is 61.8 Å². The molecule has 0 unspecified atom stereocenters. The average Bonchev–Trinajstić information content (AvgIpc) is 3.57. The second-order valence-corrected chi connectivity index (χ2v) is 13.3. The molecule has 6 rings (SSSR count). The Labute approximate surface area is 249 Å². The summed E-state index contributed by atoms with van der Waals surface area (Å²) >= 11 is 1.60. The number of likely N-dealkylation sites (tertiary alicyclic amines) is 1. The minimum Gasteiger partial charge on any atom is -0.494 e. The number of carbonyl (C=O) groups is 1. The van der Waals surface area contributed by atoms with Crippen molar-refractivity contribution in [1.82, 2.24) is 14.9 Å². The predicted molar refractivity (Wildman–Crippen MR) is 161 cm³/mol. The maximum absolute atomic E-state index is 15.8. The number of carbonyl (C=O) groups excluding carboxylic acids is 1. The van der Waals surface area contributed by atoms with E-state index in [4.69, 9.17) is 21.0 Å². The highest BCUT2D eigenvalue weighted by molar-refractivity contribution is 7.14. The molecule has 2 saturated heterocycles. The molecule has 2 aromatic heterocycles. The molecule has 0 N–H and O–H groups in total. The number of ether oxygens (including phenoxy) is 2. The van der Waals surface area contributed by atoms with Crippen molar-refractivity contribution in [3.05, 3.63) is 57.9 Å². The van der Waals surface area contributed by atoms with Gasteiger partial charge in [0.1, 0.15) is 16.4 Å². The number of fused-ring (bicyclic) bond motifs is 1. The monoisotopic (exact) mass is 590 g/mol. The van der Waals surface area contributed by atoms with Crippen molar-refractivity contribution in [2.24, 2.45) is 5.41 Å². The molecular formula is C31H35FN6O3S. The maximum atomic E-state index is 15.8. The lowest BCUT2D eigenvalue weighted by atomic mass is 9.79. The summed E-state index contributed by atoms with van der Waals surface area (Å²) in [4.78, 5) is 32.3. The van der Waals surface area contributed by atoms with Gasteiger partial charge in [-0.3, -0.25) is 0 Å². The minimum atomic E-state index is -0.545. The van der Waals surface area contributed by atoms with Crippen LogP contribution in [-0.2, 0) is 17.7 Å². The standard InChI is InChI=1S/C31H35FN6O3S/c1-19-28(42-18-34-19)36-12-10-20-22(14-36)35-27(26(33-5)24(20)21-8-7-9-23(40-6)25(21)32)37-13-11-31(15-37)16-38(17-31)29(39)41-30(2,3)4/h7-9,18H,10-17H2,1-4,6H3. The number of hydrogen-bond donors (Lipinski definition) is 0. The van der Waals surface area contributed by atoms with Gasteiger partial charge in [-0.1, -0.05) is 12.1 Å². The van der Waals surface area contributed by atoms with Crippen molar-refractivity contribution in [3.63, 3.8) is 0 Å². The zero-order valence-electron chi connectivity index (χ0n) is 24.7. The molecule has 220 valence electrons. The number of halogens is 1. The Kier molecular flexibility index (Phi) is 7.00. The molecule has 3 aliphatic heterocycles. The molecule has 0 bridgehead atoms. The van der Waals surface area contributed by atoms with Crippen LogP contribution in [0.1, 0.15) is 44.1 Å². The maximum Gasteiger partial charge on any atom is 0.410 e. The zero-order chi connectivity index (χ0) is 29.8. The van der Waals surface area contributed by atoms with Gasteiger partial charge in [0.25, 0.3) is 0 Å². The number of aromatic nitrogens is 2. The van der Waals surface area contributed by atoms with Crippen molar-refractivity contribution in [1.29, 1.82) is 0 Å². The molecule has 1 amide bonds. The molecular weight excluding hydrogens is 555 g/mol. The predicted octanol–water partition coefficient (Wildman–Crippen LogP) is 6.22. The topological polar surface area (TPSA) is 75.4 Å². The fourth-order valence-corrected chi connectivity index (χ4v) is 7.24. The van der Waals surface area contributed by atoms with Crippen molar-refractivity contribution in [3.8, 4) is 16.9 Å². The first-order chi connectivity index (χ1) is 20.0. The van der Waals surface area contributed by atoms with Crippen LogP contribution in [-0.4, -0.2) is 66.4 Å². The molecule has 3 aliphatic rings. The van der Waals surface area contributed by atoms with Crippen LogP contribution in [0, 0.1) is 24.7 Å². The number of methoxy groups -OCH3 is 1. The largest absolute Gasteiger partial charge is 0.494 e. The Morgan fingerprint density at radius 1 is 1.19 bits per heavy atom.